The summed E-state index contributed by atoms with van der Waals surface area (Å²) in [4.78, 5) is 40.5. The minimum Gasteiger partial charge on any atom is -0.495 e. The Kier molecular flexibility index (Phi) is 8.19. The number of amides is 2. The molecule has 0 saturated carbocycles. The van der Waals surface area contributed by atoms with E-state index in [1.165, 1.54) is 38.5 Å². The Balaban J connectivity index is 1.68. The Hall–Kier alpha value is -3.66. The van der Waals surface area contributed by atoms with Crippen LogP contribution in [0.4, 0.5) is 15.8 Å². The first-order chi connectivity index (χ1) is 20.3. The van der Waals surface area contributed by atoms with Crippen LogP contribution in [0.5, 0.6) is 5.75 Å². The first-order valence-corrected chi connectivity index (χ1v) is 14.5. The second-order valence-corrected chi connectivity index (χ2v) is 12.8. The summed E-state index contributed by atoms with van der Waals surface area (Å²) in [6.45, 7) is 6.11. The first-order valence-electron chi connectivity index (χ1n) is 13.7. The van der Waals surface area contributed by atoms with E-state index in [0.29, 0.717) is 22.7 Å². The number of benzene rings is 3. The Morgan fingerprint density at radius 3 is 2.49 bits per heavy atom. The Bertz CT molecular complexity index is 1620. The highest BCUT2D eigenvalue weighted by atomic mass is 35.5. The van der Waals surface area contributed by atoms with Gasteiger partial charge in [0.05, 0.1) is 36.5 Å². The summed E-state index contributed by atoms with van der Waals surface area (Å²) in [5, 5.41) is 9.56. The van der Waals surface area contributed by atoms with E-state index in [2.05, 4.69) is 16.0 Å². The summed E-state index contributed by atoms with van der Waals surface area (Å²) in [6.07, 6.45) is 0.474. The second-order valence-electron chi connectivity index (χ2n) is 12.0. The molecule has 0 bridgehead atoms. The van der Waals surface area contributed by atoms with Crippen LogP contribution in [0.3, 0.4) is 0 Å². The standard InChI is InChI=1S/C32H32Cl2FN3O5/c1-31(2,3)15-24-32(19-11-10-17(33)14-22(19)37-30(32)41)25(18-7-6-8-20(34)26(18)35)27(38-24)28(39)36-21-12-9-16(29(40)43-5)13-23(21)42-4/h6-14,24-25,27,38H,15H2,1-5H3,(H,36,39)(H,37,41). The van der Waals surface area contributed by atoms with E-state index in [9.17, 15) is 14.4 Å². The fraction of sp³-hybridized carbons (Fsp3) is 0.344. The van der Waals surface area contributed by atoms with Gasteiger partial charge < -0.3 is 25.4 Å². The van der Waals surface area contributed by atoms with Crippen molar-refractivity contribution in [1.82, 2.24) is 5.32 Å². The second kappa shape index (κ2) is 11.4. The van der Waals surface area contributed by atoms with Gasteiger partial charge in [-0.2, -0.15) is 0 Å². The summed E-state index contributed by atoms with van der Waals surface area (Å²) in [5.41, 5.74) is 0.0914. The average molecular weight is 629 g/mol. The molecule has 43 heavy (non-hydrogen) atoms. The number of anilines is 2. The highest BCUT2D eigenvalue weighted by molar-refractivity contribution is 6.31. The smallest absolute Gasteiger partial charge is 0.337 e. The molecule has 2 heterocycles. The predicted molar refractivity (Wildman–Crippen MR) is 164 cm³/mol. The number of carbonyl (C=O) groups is 3. The molecule has 226 valence electrons. The molecule has 5 rings (SSSR count). The molecule has 8 nitrogen and oxygen atoms in total. The van der Waals surface area contributed by atoms with Gasteiger partial charge in [0.2, 0.25) is 11.8 Å². The molecule has 0 aromatic heterocycles. The summed E-state index contributed by atoms with van der Waals surface area (Å²) in [7, 11) is 2.67. The van der Waals surface area contributed by atoms with Gasteiger partial charge in [-0.05, 0) is 59.4 Å². The Morgan fingerprint density at radius 2 is 1.81 bits per heavy atom. The minimum absolute atomic E-state index is 0.124. The lowest BCUT2D eigenvalue weighted by Crippen LogP contribution is -2.49. The predicted octanol–water partition coefficient (Wildman–Crippen LogP) is 6.32. The van der Waals surface area contributed by atoms with Gasteiger partial charge >= 0.3 is 5.97 Å². The fourth-order valence-electron chi connectivity index (χ4n) is 6.40. The van der Waals surface area contributed by atoms with Gasteiger partial charge in [0.25, 0.3) is 0 Å². The number of rotatable bonds is 6. The van der Waals surface area contributed by atoms with E-state index in [1.54, 1.807) is 30.3 Å². The van der Waals surface area contributed by atoms with Crippen LogP contribution in [0.25, 0.3) is 0 Å². The zero-order valence-electron chi connectivity index (χ0n) is 24.3. The van der Waals surface area contributed by atoms with Gasteiger partial charge in [-0.1, -0.05) is 62.2 Å². The van der Waals surface area contributed by atoms with E-state index in [-0.39, 0.29) is 38.9 Å². The van der Waals surface area contributed by atoms with Crippen LogP contribution in [0.1, 0.15) is 54.6 Å². The lowest BCUT2D eigenvalue weighted by Gasteiger charge is -2.37. The van der Waals surface area contributed by atoms with Gasteiger partial charge in [0.1, 0.15) is 17.0 Å². The van der Waals surface area contributed by atoms with E-state index >= 15 is 4.39 Å². The zero-order chi connectivity index (χ0) is 31.3. The molecular formula is C32H32Cl2FN3O5. The highest BCUT2D eigenvalue weighted by Crippen LogP contribution is 2.57. The molecule has 3 aromatic carbocycles. The third-order valence-electron chi connectivity index (χ3n) is 8.10. The molecule has 11 heteroatoms. The molecule has 1 fully saturated rings. The van der Waals surface area contributed by atoms with Gasteiger partial charge in [-0.15, -0.1) is 0 Å². The molecule has 4 unspecified atom stereocenters. The Morgan fingerprint density at radius 1 is 1.07 bits per heavy atom. The van der Waals surface area contributed by atoms with Crippen LogP contribution < -0.4 is 20.7 Å². The maximum absolute atomic E-state index is 16.0. The van der Waals surface area contributed by atoms with Gasteiger partial charge in [0, 0.05) is 22.7 Å². The number of halogens is 3. The number of carbonyl (C=O) groups excluding carboxylic acids is 3. The van der Waals surface area contributed by atoms with Crippen molar-refractivity contribution in [3.8, 4) is 5.75 Å². The number of nitrogens with one attached hydrogen (secondary N) is 3. The van der Waals surface area contributed by atoms with E-state index in [1.807, 2.05) is 20.8 Å². The molecule has 4 atom stereocenters. The van der Waals surface area contributed by atoms with Crippen LogP contribution in [-0.4, -0.2) is 44.1 Å². The van der Waals surface area contributed by atoms with Gasteiger partial charge in [-0.25, -0.2) is 9.18 Å². The number of ether oxygens (including phenoxy) is 2. The quantitative estimate of drug-likeness (QED) is 0.276. The SMILES string of the molecule is COC(=O)c1ccc(NC(=O)C2NC(CC(C)(C)C)C3(C(=O)Nc4cc(Cl)ccc43)C2c2cccc(Cl)c2F)c(OC)c1. The van der Waals surface area contributed by atoms with Crippen molar-refractivity contribution in [1.29, 1.82) is 0 Å². The number of hydrogen-bond acceptors (Lipinski definition) is 6. The maximum Gasteiger partial charge on any atom is 0.337 e. The molecule has 3 N–H and O–H groups in total. The summed E-state index contributed by atoms with van der Waals surface area (Å²) >= 11 is 12.6. The van der Waals surface area contributed by atoms with Crippen molar-refractivity contribution in [2.75, 3.05) is 24.9 Å². The zero-order valence-corrected chi connectivity index (χ0v) is 25.8. The molecular weight excluding hydrogens is 596 g/mol. The van der Waals surface area contributed by atoms with Crippen LogP contribution in [-0.2, 0) is 19.7 Å². The van der Waals surface area contributed by atoms with E-state index < -0.39 is 41.1 Å². The number of fused-ring (bicyclic) bond motifs is 2. The van der Waals surface area contributed by atoms with Crippen LogP contribution >= 0.6 is 23.2 Å². The van der Waals surface area contributed by atoms with Crippen LogP contribution in [0.2, 0.25) is 10.0 Å². The van der Waals surface area contributed by atoms with Gasteiger partial charge in [0.15, 0.2) is 0 Å². The summed E-state index contributed by atoms with van der Waals surface area (Å²) in [5.74, 6) is -2.96. The topological polar surface area (TPSA) is 106 Å². The average Bonchev–Trinajstić information content (AvgIpc) is 3.43. The molecule has 0 aliphatic carbocycles. The van der Waals surface area contributed by atoms with Crippen molar-refractivity contribution in [2.24, 2.45) is 5.41 Å². The summed E-state index contributed by atoms with van der Waals surface area (Å²) in [6, 6.07) is 12.5. The third-order valence-corrected chi connectivity index (χ3v) is 8.63. The summed E-state index contributed by atoms with van der Waals surface area (Å²) < 4.78 is 26.2. The highest BCUT2D eigenvalue weighted by Gasteiger charge is 2.66. The van der Waals surface area contributed by atoms with Crippen LogP contribution in [0.15, 0.2) is 54.6 Å². The van der Waals surface area contributed by atoms with Crippen molar-refractivity contribution in [3.05, 3.63) is 87.2 Å². The number of methoxy groups -OCH3 is 2. The number of hydrogen-bond donors (Lipinski definition) is 3. The van der Waals surface area contributed by atoms with Crippen molar-refractivity contribution in [2.45, 2.75) is 50.6 Å². The van der Waals surface area contributed by atoms with E-state index in [4.69, 9.17) is 32.7 Å². The first kappa shape index (κ1) is 30.8. The van der Waals surface area contributed by atoms with E-state index in [0.717, 1.165) is 0 Å². The van der Waals surface area contributed by atoms with Crippen molar-refractivity contribution in [3.63, 3.8) is 0 Å². The molecule has 2 amide bonds. The molecule has 1 saturated heterocycles. The van der Waals surface area contributed by atoms with Crippen LogP contribution in [0, 0.1) is 11.2 Å². The lowest BCUT2D eigenvalue weighted by molar-refractivity contribution is -0.122. The molecule has 2 aliphatic rings. The fourth-order valence-corrected chi connectivity index (χ4v) is 6.76. The lowest BCUT2D eigenvalue weighted by atomic mass is 9.62. The van der Waals surface area contributed by atoms with Crippen molar-refractivity contribution < 1.29 is 28.2 Å². The number of esters is 1. The molecule has 3 aromatic rings. The minimum atomic E-state index is -1.39. The maximum atomic E-state index is 16.0. The third kappa shape index (κ3) is 5.34. The molecule has 0 radical (unpaired) electrons. The molecule has 2 aliphatic heterocycles. The molecule has 1 spiro atoms. The largest absolute Gasteiger partial charge is 0.495 e. The van der Waals surface area contributed by atoms with Gasteiger partial charge in [-0.3, -0.25) is 9.59 Å². The normalized spacial score (nSPS) is 22.7. The Labute approximate surface area is 259 Å². The van der Waals surface area contributed by atoms with Crippen molar-refractivity contribution >= 4 is 52.4 Å². The monoisotopic (exact) mass is 627 g/mol.